The molecule has 1 aliphatic heterocycles. The monoisotopic (exact) mass is 338 g/mol. The van der Waals surface area contributed by atoms with E-state index in [1.54, 1.807) is 19.0 Å². The molecule has 0 radical (unpaired) electrons. The summed E-state index contributed by atoms with van der Waals surface area (Å²) in [5, 5.41) is 3.09. The van der Waals surface area contributed by atoms with E-state index in [0.717, 1.165) is 22.6 Å². The molecule has 0 atom stereocenters. The number of hydrogen-bond donors (Lipinski definition) is 1. The van der Waals surface area contributed by atoms with Crippen LogP contribution in [0.25, 0.3) is 0 Å². The fraction of sp³-hybridized carbons (Fsp3) is 0.300. The molecule has 0 fully saturated rings. The molecular formula is C20H22N2O3. The second-order valence-electron chi connectivity index (χ2n) is 6.32. The van der Waals surface area contributed by atoms with Crippen LogP contribution in [0.15, 0.2) is 48.5 Å². The minimum Gasteiger partial charge on any atom is -0.457 e. The van der Waals surface area contributed by atoms with Crippen molar-refractivity contribution in [1.82, 2.24) is 10.2 Å². The summed E-state index contributed by atoms with van der Waals surface area (Å²) < 4.78 is 5.93. The van der Waals surface area contributed by atoms with Crippen LogP contribution in [0.5, 0.6) is 11.5 Å². The van der Waals surface area contributed by atoms with Gasteiger partial charge in [-0.05, 0) is 18.6 Å². The van der Waals surface area contributed by atoms with Crippen LogP contribution in [0.4, 0.5) is 0 Å². The zero-order valence-electron chi connectivity index (χ0n) is 14.5. The summed E-state index contributed by atoms with van der Waals surface area (Å²) in [6, 6.07) is 15.2. The van der Waals surface area contributed by atoms with Gasteiger partial charge in [-0.1, -0.05) is 36.4 Å². The highest BCUT2D eigenvalue weighted by Gasteiger charge is 2.27. The van der Waals surface area contributed by atoms with Gasteiger partial charge < -0.3 is 15.0 Å². The van der Waals surface area contributed by atoms with Gasteiger partial charge in [-0.2, -0.15) is 0 Å². The van der Waals surface area contributed by atoms with Crippen molar-refractivity contribution in [2.24, 2.45) is 0 Å². The largest absolute Gasteiger partial charge is 0.457 e. The molecule has 2 amide bonds. The Morgan fingerprint density at radius 2 is 1.52 bits per heavy atom. The van der Waals surface area contributed by atoms with Gasteiger partial charge in [0.1, 0.15) is 11.5 Å². The SMILES string of the molecule is CN(C)C(=O)CCCC(=O)NC1c2ccccc2Oc2ccccc21. The van der Waals surface area contributed by atoms with Gasteiger partial charge >= 0.3 is 0 Å². The number of carbonyl (C=O) groups is 2. The summed E-state index contributed by atoms with van der Waals surface area (Å²) in [5.41, 5.74) is 1.89. The number of nitrogens with one attached hydrogen (secondary N) is 1. The van der Waals surface area contributed by atoms with Crippen LogP contribution in [0.3, 0.4) is 0 Å². The molecule has 3 rings (SSSR count). The molecule has 1 aliphatic rings. The predicted octanol–water partition coefficient (Wildman–Crippen LogP) is 3.26. The first-order valence-electron chi connectivity index (χ1n) is 8.41. The number of amides is 2. The highest BCUT2D eigenvalue weighted by atomic mass is 16.5. The normalized spacial score (nSPS) is 12.6. The summed E-state index contributed by atoms with van der Waals surface area (Å²) in [7, 11) is 3.44. The molecule has 0 aromatic heterocycles. The number of para-hydroxylation sites is 2. The number of fused-ring (bicyclic) bond motifs is 2. The van der Waals surface area contributed by atoms with Crippen LogP contribution in [-0.2, 0) is 9.59 Å². The van der Waals surface area contributed by atoms with Crippen LogP contribution in [-0.4, -0.2) is 30.8 Å². The van der Waals surface area contributed by atoms with Crippen LogP contribution >= 0.6 is 0 Å². The van der Waals surface area contributed by atoms with Gasteiger partial charge in [0, 0.05) is 38.1 Å². The highest BCUT2D eigenvalue weighted by Crippen LogP contribution is 2.42. The third kappa shape index (κ3) is 3.82. The zero-order valence-corrected chi connectivity index (χ0v) is 14.5. The van der Waals surface area contributed by atoms with Crippen molar-refractivity contribution in [3.05, 3.63) is 59.7 Å². The molecule has 5 nitrogen and oxygen atoms in total. The van der Waals surface area contributed by atoms with E-state index in [-0.39, 0.29) is 17.9 Å². The van der Waals surface area contributed by atoms with Crippen molar-refractivity contribution < 1.29 is 14.3 Å². The molecular weight excluding hydrogens is 316 g/mol. The summed E-state index contributed by atoms with van der Waals surface area (Å²) in [5.74, 6) is 1.49. The van der Waals surface area contributed by atoms with Gasteiger partial charge in [-0.15, -0.1) is 0 Å². The van der Waals surface area contributed by atoms with E-state index in [2.05, 4.69) is 5.32 Å². The zero-order chi connectivity index (χ0) is 17.8. The Balaban J connectivity index is 1.72. The first-order chi connectivity index (χ1) is 12.1. The predicted molar refractivity (Wildman–Crippen MR) is 95.5 cm³/mol. The molecule has 5 heteroatoms. The molecule has 0 bridgehead atoms. The van der Waals surface area contributed by atoms with Crippen LogP contribution < -0.4 is 10.1 Å². The molecule has 1 heterocycles. The summed E-state index contributed by atoms with van der Waals surface area (Å²) in [6.45, 7) is 0. The van der Waals surface area contributed by atoms with Crippen LogP contribution in [0.2, 0.25) is 0 Å². The number of nitrogens with zero attached hydrogens (tertiary/aromatic N) is 1. The smallest absolute Gasteiger partial charge is 0.222 e. The fourth-order valence-corrected chi connectivity index (χ4v) is 2.92. The maximum Gasteiger partial charge on any atom is 0.222 e. The molecule has 0 saturated carbocycles. The highest BCUT2D eigenvalue weighted by molar-refractivity contribution is 5.79. The van der Waals surface area contributed by atoms with E-state index >= 15 is 0 Å². The molecule has 130 valence electrons. The number of hydrogen-bond acceptors (Lipinski definition) is 3. The second kappa shape index (κ2) is 7.38. The van der Waals surface area contributed by atoms with Crippen molar-refractivity contribution in [3.63, 3.8) is 0 Å². The average Bonchev–Trinajstić information content (AvgIpc) is 2.61. The van der Waals surface area contributed by atoms with Crippen molar-refractivity contribution >= 4 is 11.8 Å². The molecule has 2 aromatic rings. The lowest BCUT2D eigenvalue weighted by Crippen LogP contribution is -2.31. The van der Waals surface area contributed by atoms with E-state index in [1.807, 2.05) is 48.5 Å². The quantitative estimate of drug-likeness (QED) is 0.910. The Morgan fingerprint density at radius 1 is 0.960 bits per heavy atom. The Bertz CT molecular complexity index is 741. The van der Waals surface area contributed by atoms with Gasteiger partial charge in [0.15, 0.2) is 0 Å². The molecule has 0 unspecified atom stereocenters. The molecule has 0 saturated heterocycles. The summed E-state index contributed by atoms with van der Waals surface area (Å²) >= 11 is 0. The van der Waals surface area contributed by atoms with E-state index in [1.165, 1.54) is 0 Å². The van der Waals surface area contributed by atoms with Gasteiger partial charge in [-0.25, -0.2) is 0 Å². The fourth-order valence-electron chi connectivity index (χ4n) is 2.92. The third-order valence-corrected chi connectivity index (χ3v) is 4.28. The number of ether oxygens (including phenoxy) is 1. The first kappa shape index (κ1) is 17.0. The average molecular weight is 338 g/mol. The molecule has 25 heavy (non-hydrogen) atoms. The molecule has 2 aromatic carbocycles. The Kier molecular flexibility index (Phi) is 5.03. The van der Waals surface area contributed by atoms with Gasteiger partial charge in [0.05, 0.1) is 6.04 Å². The number of rotatable bonds is 5. The summed E-state index contributed by atoms with van der Waals surface area (Å²) in [4.78, 5) is 25.6. The standard InChI is InChI=1S/C20H22N2O3/c1-22(2)19(24)13-7-12-18(23)21-20-14-8-3-5-10-16(14)25-17-11-6-4-9-15(17)20/h3-6,8-11,20H,7,12-13H2,1-2H3,(H,21,23). The summed E-state index contributed by atoms with van der Waals surface area (Å²) in [6.07, 6.45) is 1.23. The Hall–Kier alpha value is -2.82. The lowest BCUT2D eigenvalue weighted by atomic mass is 9.94. The van der Waals surface area contributed by atoms with Crippen LogP contribution in [0, 0.1) is 0 Å². The third-order valence-electron chi connectivity index (χ3n) is 4.28. The number of carbonyl (C=O) groups excluding carboxylic acids is 2. The van der Waals surface area contributed by atoms with Crippen molar-refractivity contribution in [2.45, 2.75) is 25.3 Å². The van der Waals surface area contributed by atoms with E-state index in [9.17, 15) is 9.59 Å². The van der Waals surface area contributed by atoms with E-state index < -0.39 is 0 Å². The van der Waals surface area contributed by atoms with Gasteiger partial charge in [-0.3, -0.25) is 9.59 Å². The second-order valence-corrected chi connectivity index (χ2v) is 6.32. The maximum atomic E-state index is 12.4. The van der Waals surface area contributed by atoms with Crippen molar-refractivity contribution in [2.75, 3.05) is 14.1 Å². The molecule has 1 N–H and O–H groups in total. The topological polar surface area (TPSA) is 58.6 Å². The van der Waals surface area contributed by atoms with E-state index in [0.29, 0.717) is 19.3 Å². The van der Waals surface area contributed by atoms with Gasteiger partial charge in [0.2, 0.25) is 11.8 Å². The molecule has 0 spiro atoms. The Morgan fingerprint density at radius 3 is 2.08 bits per heavy atom. The minimum atomic E-state index is -0.238. The number of benzene rings is 2. The van der Waals surface area contributed by atoms with Gasteiger partial charge in [0.25, 0.3) is 0 Å². The lowest BCUT2D eigenvalue weighted by Gasteiger charge is -2.28. The molecule has 0 aliphatic carbocycles. The van der Waals surface area contributed by atoms with Crippen molar-refractivity contribution in [1.29, 1.82) is 0 Å². The minimum absolute atomic E-state index is 0.0366. The maximum absolute atomic E-state index is 12.4. The first-order valence-corrected chi connectivity index (χ1v) is 8.41. The lowest BCUT2D eigenvalue weighted by molar-refractivity contribution is -0.129. The van der Waals surface area contributed by atoms with Crippen molar-refractivity contribution in [3.8, 4) is 11.5 Å². The van der Waals surface area contributed by atoms with E-state index in [4.69, 9.17) is 4.74 Å². The Labute approximate surface area is 147 Å². The van der Waals surface area contributed by atoms with Crippen LogP contribution in [0.1, 0.15) is 36.4 Å².